The van der Waals surface area contributed by atoms with E-state index in [1.807, 2.05) is 48.5 Å². The minimum Gasteiger partial charge on any atom is -0.488 e. The Kier molecular flexibility index (Phi) is 7.51. The van der Waals surface area contributed by atoms with Gasteiger partial charge in [0.15, 0.2) is 0 Å². The van der Waals surface area contributed by atoms with E-state index in [9.17, 15) is 18.0 Å². The molecule has 0 aliphatic rings. The van der Waals surface area contributed by atoms with Crippen molar-refractivity contribution in [1.29, 1.82) is 0 Å². The molecule has 0 saturated heterocycles. The molecule has 0 atom stereocenters. The number of fused-ring (bicyclic) bond motifs is 1. The molecule has 0 aliphatic heterocycles. The van der Waals surface area contributed by atoms with Gasteiger partial charge in [-0.05, 0) is 46.2 Å². The van der Waals surface area contributed by atoms with Crippen LogP contribution >= 0.6 is 15.9 Å². The van der Waals surface area contributed by atoms with Crippen LogP contribution in [0.1, 0.15) is 22.3 Å². The van der Waals surface area contributed by atoms with E-state index in [1.54, 1.807) is 12.1 Å². The lowest BCUT2D eigenvalue weighted by Gasteiger charge is -2.11. The molecule has 0 saturated carbocycles. The van der Waals surface area contributed by atoms with E-state index in [4.69, 9.17) is 4.74 Å². The quantitative estimate of drug-likeness (QED) is 0.205. The summed E-state index contributed by atoms with van der Waals surface area (Å²) in [5.41, 5.74) is 3.46. The number of benzene rings is 4. The Hall–Kier alpha value is -3.65. The first-order valence-corrected chi connectivity index (χ1v) is 11.5. The van der Waals surface area contributed by atoms with Crippen molar-refractivity contribution in [3.05, 3.63) is 112 Å². The fourth-order valence-corrected chi connectivity index (χ4v) is 3.96. The number of nitrogens with zero attached hydrogens (tertiary/aromatic N) is 1. The summed E-state index contributed by atoms with van der Waals surface area (Å²) >= 11 is 3.42. The summed E-state index contributed by atoms with van der Waals surface area (Å²) in [5.74, 6) is 0.0332. The van der Waals surface area contributed by atoms with Gasteiger partial charge >= 0.3 is 6.18 Å². The van der Waals surface area contributed by atoms with E-state index in [2.05, 4.69) is 26.5 Å². The lowest BCUT2D eigenvalue weighted by molar-refractivity contribution is -0.137. The SMILES string of the molecule is O=C(Cc1cccc(C(F)(F)F)c1)N/N=C\c1cc(Br)ccc1OCc1cccc2ccccc12. The molecule has 178 valence electrons. The summed E-state index contributed by atoms with van der Waals surface area (Å²) in [6, 6.07) is 24.1. The molecule has 1 amide bonds. The second kappa shape index (κ2) is 10.7. The van der Waals surface area contributed by atoms with Gasteiger partial charge in [-0.25, -0.2) is 5.43 Å². The number of amides is 1. The minimum absolute atomic E-state index is 0.232. The Labute approximate surface area is 208 Å². The number of alkyl halides is 3. The van der Waals surface area contributed by atoms with Crippen LogP contribution in [0.4, 0.5) is 13.2 Å². The maximum atomic E-state index is 12.9. The van der Waals surface area contributed by atoms with Crippen molar-refractivity contribution in [3.8, 4) is 5.75 Å². The van der Waals surface area contributed by atoms with Crippen molar-refractivity contribution in [2.45, 2.75) is 19.2 Å². The molecule has 4 aromatic carbocycles. The maximum absolute atomic E-state index is 12.9. The predicted octanol–water partition coefficient (Wildman–Crippen LogP) is 6.89. The van der Waals surface area contributed by atoms with Crippen LogP contribution in [0.5, 0.6) is 5.75 Å². The third kappa shape index (κ3) is 6.48. The van der Waals surface area contributed by atoms with Gasteiger partial charge in [0.1, 0.15) is 12.4 Å². The van der Waals surface area contributed by atoms with Crippen molar-refractivity contribution in [2.75, 3.05) is 0 Å². The second-order valence-electron chi connectivity index (χ2n) is 7.78. The molecular weight excluding hydrogens is 521 g/mol. The van der Waals surface area contributed by atoms with Crippen LogP contribution in [0.25, 0.3) is 10.8 Å². The molecule has 0 unspecified atom stereocenters. The van der Waals surface area contributed by atoms with Gasteiger partial charge < -0.3 is 4.74 Å². The van der Waals surface area contributed by atoms with Gasteiger partial charge in [0.2, 0.25) is 5.91 Å². The van der Waals surface area contributed by atoms with Crippen molar-refractivity contribution in [3.63, 3.8) is 0 Å². The van der Waals surface area contributed by atoms with Crippen molar-refractivity contribution in [2.24, 2.45) is 5.10 Å². The summed E-state index contributed by atoms with van der Waals surface area (Å²) in [6.45, 7) is 0.339. The number of nitrogens with one attached hydrogen (secondary N) is 1. The lowest BCUT2D eigenvalue weighted by atomic mass is 10.1. The number of halogens is 4. The Morgan fingerprint density at radius 3 is 2.57 bits per heavy atom. The van der Waals surface area contributed by atoms with Gasteiger partial charge in [0, 0.05) is 10.0 Å². The number of carbonyl (C=O) groups is 1. The second-order valence-corrected chi connectivity index (χ2v) is 8.69. The smallest absolute Gasteiger partial charge is 0.416 e. The lowest BCUT2D eigenvalue weighted by Crippen LogP contribution is -2.20. The molecule has 4 aromatic rings. The highest BCUT2D eigenvalue weighted by Crippen LogP contribution is 2.29. The molecule has 0 radical (unpaired) electrons. The summed E-state index contributed by atoms with van der Waals surface area (Å²) in [5, 5.41) is 6.19. The molecule has 4 rings (SSSR count). The number of carbonyl (C=O) groups excluding carboxylic acids is 1. The van der Waals surface area contributed by atoms with E-state index in [0.717, 1.165) is 32.9 Å². The fourth-order valence-electron chi connectivity index (χ4n) is 3.58. The van der Waals surface area contributed by atoms with E-state index in [0.29, 0.717) is 17.9 Å². The number of hydrogen-bond donors (Lipinski definition) is 1. The maximum Gasteiger partial charge on any atom is 0.416 e. The van der Waals surface area contributed by atoms with Gasteiger partial charge in [0.05, 0.1) is 18.2 Å². The number of rotatable bonds is 7. The van der Waals surface area contributed by atoms with Crippen molar-refractivity contribution >= 4 is 38.8 Å². The van der Waals surface area contributed by atoms with Crippen molar-refractivity contribution < 1.29 is 22.7 Å². The summed E-state index contributed by atoms with van der Waals surface area (Å²) in [6.07, 6.45) is -3.26. The molecule has 8 heteroatoms. The van der Waals surface area contributed by atoms with Crippen LogP contribution in [0.2, 0.25) is 0 Å². The molecular formula is C27H20BrF3N2O2. The van der Waals surface area contributed by atoms with E-state index < -0.39 is 17.6 Å². The normalized spacial score (nSPS) is 11.7. The zero-order valence-corrected chi connectivity index (χ0v) is 19.9. The Balaban J connectivity index is 1.42. The van der Waals surface area contributed by atoms with Crippen LogP contribution in [-0.4, -0.2) is 12.1 Å². The fraction of sp³-hybridized carbons (Fsp3) is 0.111. The molecule has 0 spiro atoms. The Morgan fingerprint density at radius 2 is 1.74 bits per heavy atom. The van der Waals surface area contributed by atoms with Gasteiger partial charge in [0.25, 0.3) is 0 Å². The number of ether oxygens (including phenoxy) is 1. The molecule has 1 N–H and O–H groups in total. The average Bonchev–Trinajstić information content (AvgIpc) is 2.83. The predicted molar refractivity (Wildman–Crippen MR) is 133 cm³/mol. The average molecular weight is 541 g/mol. The van der Waals surface area contributed by atoms with Crippen LogP contribution < -0.4 is 10.2 Å². The molecule has 0 fully saturated rings. The monoisotopic (exact) mass is 540 g/mol. The third-order valence-electron chi connectivity index (χ3n) is 5.25. The van der Waals surface area contributed by atoms with E-state index in [1.165, 1.54) is 18.3 Å². The van der Waals surface area contributed by atoms with Crippen LogP contribution in [0.15, 0.2) is 94.5 Å². The summed E-state index contributed by atoms with van der Waals surface area (Å²) in [7, 11) is 0. The third-order valence-corrected chi connectivity index (χ3v) is 5.74. The first-order chi connectivity index (χ1) is 16.8. The Bertz CT molecular complexity index is 1380. The van der Waals surface area contributed by atoms with Crippen molar-refractivity contribution in [1.82, 2.24) is 5.43 Å². The number of hydrazone groups is 1. The van der Waals surface area contributed by atoms with Gasteiger partial charge in [-0.2, -0.15) is 18.3 Å². The molecule has 0 heterocycles. The van der Waals surface area contributed by atoms with Gasteiger partial charge in [-0.15, -0.1) is 0 Å². The van der Waals surface area contributed by atoms with E-state index >= 15 is 0 Å². The largest absolute Gasteiger partial charge is 0.488 e. The summed E-state index contributed by atoms with van der Waals surface area (Å²) < 4.78 is 45.5. The summed E-state index contributed by atoms with van der Waals surface area (Å²) in [4.78, 5) is 12.2. The van der Waals surface area contributed by atoms with Gasteiger partial charge in [-0.3, -0.25) is 4.79 Å². The first kappa shape index (κ1) is 24.5. The molecule has 0 aliphatic carbocycles. The molecule has 35 heavy (non-hydrogen) atoms. The van der Waals surface area contributed by atoms with E-state index in [-0.39, 0.29) is 12.0 Å². The standard InChI is InChI=1S/C27H20BrF3N2O2/c28-23-11-12-25(35-17-20-8-4-7-19-6-1-2-10-24(19)20)21(15-23)16-32-33-26(34)14-18-5-3-9-22(13-18)27(29,30)31/h1-13,15-16H,14,17H2,(H,33,34)/b32-16-. The van der Waals surface area contributed by atoms with Crippen LogP contribution in [0.3, 0.4) is 0 Å². The number of hydrogen-bond acceptors (Lipinski definition) is 3. The zero-order valence-electron chi connectivity index (χ0n) is 18.4. The minimum atomic E-state index is -4.46. The topological polar surface area (TPSA) is 50.7 Å². The molecule has 4 nitrogen and oxygen atoms in total. The van der Waals surface area contributed by atoms with Gasteiger partial charge in [-0.1, -0.05) is 76.6 Å². The highest BCUT2D eigenvalue weighted by molar-refractivity contribution is 9.10. The van der Waals surface area contributed by atoms with Crippen LogP contribution in [0, 0.1) is 0 Å². The Morgan fingerprint density at radius 1 is 0.971 bits per heavy atom. The molecule has 0 aromatic heterocycles. The highest BCUT2D eigenvalue weighted by Gasteiger charge is 2.30. The first-order valence-electron chi connectivity index (χ1n) is 10.7. The van der Waals surface area contributed by atoms with Crippen LogP contribution in [-0.2, 0) is 24.0 Å². The molecule has 0 bridgehead atoms. The zero-order chi connectivity index (χ0) is 24.8. The highest BCUT2D eigenvalue weighted by atomic mass is 79.9.